The Balaban J connectivity index is 1.78. The molecular weight excluding hydrogens is 356 g/mol. The van der Waals surface area contributed by atoms with Crippen LogP contribution in [0, 0.1) is 0 Å². The summed E-state index contributed by atoms with van der Waals surface area (Å²) in [6, 6.07) is 15.2. The topological polar surface area (TPSA) is 58.2 Å². The number of hydrogen-bond acceptors (Lipinski definition) is 2. The number of carbonyl (C=O) groups excluding carboxylic acids is 2. The number of rotatable bonds is 6. The molecule has 0 heterocycles. The van der Waals surface area contributed by atoms with Crippen LogP contribution in [0.1, 0.15) is 18.1 Å². The lowest BCUT2D eigenvalue weighted by molar-refractivity contribution is -0.123. The van der Waals surface area contributed by atoms with Crippen molar-refractivity contribution in [2.75, 3.05) is 11.9 Å². The van der Waals surface area contributed by atoms with Gasteiger partial charge in [0.25, 0.3) is 0 Å². The highest BCUT2D eigenvalue weighted by molar-refractivity contribution is 9.10. The van der Waals surface area contributed by atoms with Crippen molar-refractivity contribution in [3.05, 3.63) is 64.1 Å². The fourth-order valence-corrected chi connectivity index (χ4v) is 2.55. The van der Waals surface area contributed by atoms with Gasteiger partial charge in [0, 0.05) is 10.2 Å². The molecular formula is C18H19BrN2O2. The van der Waals surface area contributed by atoms with Crippen molar-refractivity contribution >= 4 is 33.4 Å². The third-order valence-electron chi connectivity index (χ3n) is 3.35. The smallest absolute Gasteiger partial charge is 0.243 e. The summed E-state index contributed by atoms with van der Waals surface area (Å²) in [5, 5.41) is 5.39. The van der Waals surface area contributed by atoms with Gasteiger partial charge in [0.15, 0.2) is 0 Å². The number of anilines is 1. The Kier molecular flexibility index (Phi) is 6.35. The normalized spacial score (nSPS) is 10.2. The first-order valence-electron chi connectivity index (χ1n) is 7.46. The summed E-state index contributed by atoms with van der Waals surface area (Å²) in [5.41, 5.74) is 2.84. The SMILES string of the molecule is CCc1ccc(NC(=O)CNC(=O)Cc2cccc(Br)c2)cc1. The number of benzene rings is 2. The van der Waals surface area contributed by atoms with E-state index < -0.39 is 0 Å². The molecule has 120 valence electrons. The Hall–Kier alpha value is -2.14. The summed E-state index contributed by atoms with van der Waals surface area (Å²) in [5.74, 6) is -0.420. The lowest BCUT2D eigenvalue weighted by Gasteiger charge is -2.08. The molecule has 23 heavy (non-hydrogen) atoms. The molecule has 0 unspecified atom stereocenters. The Labute approximate surface area is 144 Å². The molecule has 0 spiro atoms. The van der Waals surface area contributed by atoms with Crippen LogP contribution in [-0.4, -0.2) is 18.4 Å². The van der Waals surface area contributed by atoms with E-state index in [4.69, 9.17) is 0 Å². The summed E-state index contributed by atoms with van der Waals surface area (Å²) < 4.78 is 0.927. The molecule has 0 aliphatic rings. The van der Waals surface area contributed by atoms with E-state index in [1.165, 1.54) is 5.56 Å². The van der Waals surface area contributed by atoms with E-state index in [1.54, 1.807) is 0 Å². The predicted octanol–water partition coefficient (Wildman–Crippen LogP) is 3.31. The molecule has 4 nitrogen and oxygen atoms in total. The maximum Gasteiger partial charge on any atom is 0.243 e. The second-order valence-corrected chi connectivity index (χ2v) is 6.10. The monoisotopic (exact) mass is 374 g/mol. The molecule has 5 heteroatoms. The molecule has 0 atom stereocenters. The molecule has 0 radical (unpaired) electrons. The zero-order valence-corrected chi connectivity index (χ0v) is 14.5. The van der Waals surface area contributed by atoms with Crippen molar-refractivity contribution in [2.24, 2.45) is 0 Å². The average Bonchev–Trinajstić information content (AvgIpc) is 2.54. The van der Waals surface area contributed by atoms with Gasteiger partial charge in [0.05, 0.1) is 13.0 Å². The Morgan fingerprint density at radius 2 is 1.74 bits per heavy atom. The van der Waals surface area contributed by atoms with Crippen LogP contribution >= 0.6 is 15.9 Å². The van der Waals surface area contributed by atoms with Crippen LogP contribution in [0.15, 0.2) is 53.0 Å². The standard InChI is InChI=1S/C18H19BrN2O2/c1-2-13-6-8-16(9-7-13)21-18(23)12-20-17(22)11-14-4-3-5-15(19)10-14/h3-10H,2,11-12H2,1H3,(H,20,22)(H,21,23). The van der Waals surface area contributed by atoms with E-state index in [2.05, 4.69) is 33.5 Å². The molecule has 0 aliphatic heterocycles. The van der Waals surface area contributed by atoms with E-state index in [-0.39, 0.29) is 24.8 Å². The van der Waals surface area contributed by atoms with Crippen molar-refractivity contribution in [2.45, 2.75) is 19.8 Å². The highest BCUT2D eigenvalue weighted by Gasteiger charge is 2.07. The fraction of sp³-hybridized carbons (Fsp3) is 0.222. The van der Waals surface area contributed by atoms with Crippen molar-refractivity contribution < 1.29 is 9.59 Å². The molecule has 0 aliphatic carbocycles. The minimum absolute atomic E-state index is 0.0393. The summed E-state index contributed by atoms with van der Waals surface area (Å²) in [6.07, 6.45) is 1.21. The zero-order valence-electron chi connectivity index (χ0n) is 12.9. The highest BCUT2D eigenvalue weighted by Crippen LogP contribution is 2.12. The van der Waals surface area contributed by atoms with Gasteiger partial charge in [0.2, 0.25) is 11.8 Å². The molecule has 2 aromatic rings. The maximum atomic E-state index is 11.9. The molecule has 0 fully saturated rings. The van der Waals surface area contributed by atoms with Crippen LogP contribution in [0.25, 0.3) is 0 Å². The summed E-state index contributed by atoms with van der Waals surface area (Å²) in [4.78, 5) is 23.7. The minimum Gasteiger partial charge on any atom is -0.347 e. The quantitative estimate of drug-likeness (QED) is 0.814. The van der Waals surface area contributed by atoms with Crippen LogP contribution < -0.4 is 10.6 Å². The number of amides is 2. The van der Waals surface area contributed by atoms with E-state index in [0.717, 1.165) is 22.1 Å². The molecule has 2 rings (SSSR count). The molecule has 0 saturated heterocycles. The molecule has 2 N–H and O–H groups in total. The van der Waals surface area contributed by atoms with Crippen LogP contribution in [0.3, 0.4) is 0 Å². The van der Waals surface area contributed by atoms with Crippen molar-refractivity contribution in [1.29, 1.82) is 0 Å². The predicted molar refractivity (Wildman–Crippen MR) is 95.3 cm³/mol. The first kappa shape index (κ1) is 17.2. The van der Waals surface area contributed by atoms with Gasteiger partial charge < -0.3 is 10.6 Å². The molecule has 0 bridgehead atoms. The summed E-state index contributed by atoms with van der Waals surface area (Å²) >= 11 is 3.37. The van der Waals surface area contributed by atoms with Gasteiger partial charge in [-0.15, -0.1) is 0 Å². The summed E-state index contributed by atoms with van der Waals surface area (Å²) in [7, 11) is 0. The van der Waals surface area contributed by atoms with Crippen LogP contribution in [-0.2, 0) is 22.4 Å². The van der Waals surface area contributed by atoms with Gasteiger partial charge >= 0.3 is 0 Å². The fourth-order valence-electron chi connectivity index (χ4n) is 2.10. The van der Waals surface area contributed by atoms with Crippen LogP contribution in [0.5, 0.6) is 0 Å². The molecule has 0 aromatic heterocycles. The minimum atomic E-state index is -0.239. The number of hydrogen-bond donors (Lipinski definition) is 2. The van der Waals surface area contributed by atoms with Gasteiger partial charge in [0.1, 0.15) is 0 Å². The van der Waals surface area contributed by atoms with Gasteiger partial charge in [-0.25, -0.2) is 0 Å². The van der Waals surface area contributed by atoms with Crippen molar-refractivity contribution in [1.82, 2.24) is 5.32 Å². The molecule has 2 amide bonds. The first-order chi connectivity index (χ1) is 11.1. The largest absolute Gasteiger partial charge is 0.347 e. The van der Waals surface area contributed by atoms with E-state index >= 15 is 0 Å². The van der Waals surface area contributed by atoms with E-state index in [0.29, 0.717) is 0 Å². The Morgan fingerprint density at radius 1 is 1.00 bits per heavy atom. The second kappa shape index (κ2) is 8.48. The average molecular weight is 375 g/mol. The third-order valence-corrected chi connectivity index (χ3v) is 3.84. The van der Waals surface area contributed by atoms with E-state index in [9.17, 15) is 9.59 Å². The third kappa shape index (κ3) is 5.87. The number of nitrogens with one attached hydrogen (secondary N) is 2. The maximum absolute atomic E-state index is 11.9. The number of halogens is 1. The van der Waals surface area contributed by atoms with Crippen LogP contribution in [0.4, 0.5) is 5.69 Å². The zero-order chi connectivity index (χ0) is 16.7. The lowest BCUT2D eigenvalue weighted by Crippen LogP contribution is -2.33. The summed E-state index contributed by atoms with van der Waals surface area (Å²) in [6.45, 7) is 2.04. The van der Waals surface area contributed by atoms with Crippen molar-refractivity contribution in [3.8, 4) is 0 Å². The van der Waals surface area contributed by atoms with Crippen molar-refractivity contribution in [3.63, 3.8) is 0 Å². The Morgan fingerprint density at radius 3 is 2.39 bits per heavy atom. The molecule has 2 aromatic carbocycles. The lowest BCUT2D eigenvalue weighted by atomic mass is 10.1. The first-order valence-corrected chi connectivity index (χ1v) is 8.26. The van der Waals surface area contributed by atoms with Gasteiger partial charge in [-0.05, 0) is 41.8 Å². The number of aryl methyl sites for hydroxylation is 1. The highest BCUT2D eigenvalue weighted by atomic mass is 79.9. The van der Waals surface area contributed by atoms with Crippen LogP contribution in [0.2, 0.25) is 0 Å². The number of carbonyl (C=O) groups is 2. The Bertz CT molecular complexity index is 684. The van der Waals surface area contributed by atoms with Gasteiger partial charge in [-0.1, -0.05) is 47.1 Å². The van der Waals surface area contributed by atoms with Gasteiger partial charge in [-0.3, -0.25) is 9.59 Å². The van der Waals surface area contributed by atoms with E-state index in [1.807, 2.05) is 48.5 Å². The molecule has 0 saturated carbocycles. The van der Waals surface area contributed by atoms with Gasteiger partial charge in [-0.2, -0.15) is 0 Å². The second-order valence-electron chi connectivity index (χ2n) is 5.18.